The van der Waals surface area contributed by atoms with E-state index in [-0.39, 0.29) is 23.1 Å². The van der Waals surface area contributed by atoms with Gasteiger partial charge < -0.3 is 10.1 Å². The molecule has 0 spiro atoms. The van der Waals surface area contributed by atoms with Crippen LogP contribution in [0, 0.1) is 5.82 Å². The molecular formula is C19H15F4N5O2S. The molecule has 162 valence electrons. The Hall–Kier alpha value is -3.28. The Morgan fingerprint density at radius 1 is 1.13 bits per heavy atom. The first-order valence-electron chi connectivity index (χ1n) is 8.77. The van der Waals surface area contributed by atoms with Crippen molar-refractivity contribution in [1.82, 2.24) is 20.2 Å². The summed E-state index contributed by atoms with van der Waals surface area (Å²) in [5, 5.41) is 8.64. The van der Waals surface area contributed by atoms with Gasteiger partial charge in [0.05, 0.1) is 24.3 Å². The van der Waals surface area contributed by atoms with Crippen LogP contribution in [0.3, 0.4) is 0 Å². The molecule has 0 aliphatic carbocycles. The fourth-order valence-electron chi connectivity index (χ4n) is 2.66. The molecule has 2 heterocycles. The number of halogens is 4. The average Bonchev–Trinajstić information content (AvgIpc) is 2.72. The molecule has 7 nitrogen and oxygen atoms in total. The molecule has 0 aliphatic rings. The molecule has 0 radical (unpaired) electrons. The number of hydrogen-bond acceptors (Lipinski definition) is 7. The van der Waals surface area contributed by atoms with Gasteiger partial charge >= 0.3 is 11.5 Å². The molecule has 3 rings (SSSR count). The van der Waals surface area contributed by atoms with Crippen LogP contribution in [0.2, 0.25) is 0 Å². The number of alkyl halides is 3. The Balaban J connectivity index is 1.78. The van der Waals surface area contributed by atoms with E-state index in [1.54, 1.807) is 12.1 Å². The highest BCUT2D eigenvalue weighted by Crippen LogP contribution is 2.36. The molecule has 31 heavy (non-hydrogen) atoms. The van der Waals surface area contributed by atoms with Crippen LogP contribution in [-0.2, 0) is 4.74 Å². The summed E-state index contributed by atoms with van der Waals surface area (Å²) in [6, 6.07) is 6.81. The van der Waals surface area contributed by atoms with Crippen LogP contribution in [0.1, 0.15) is 30.3 Å². The highest BCUT2D eigenvalue weighted by atomic mass is 32.1. The summed E-state index contributed by atoms with van der Waals surface area (Å²) in [7, 11) is 0. The lowest BCUT2D eigenvalue weighted by atomic mass is 10.1. The van der Waals surface area contributed by atoms with Gasteiger partial charge in [-0.05, 0) is 30.7 Å². The van der Waals surface area contributed by atoms with Gasteiger partial charge in [-0.1, -0.05) is 24.8 Å². The van der Waals surface area contributed by atoms with Gasteiger partial charge in [0.25, 0.3) is 0 Å². The molecule has 1 N–H and O–H groups in total. The van der Waals surface area contributed by atoms with E-state index in [0.717, 1.165) is 11.6 Å². The molecular weight excluding hydrogens is 438 g/mol. The maximum Gasteiger partial charge on any atom is 0.431 e. The van der Waals surface area contributed by atoms with Crippen molar-refractivity contribution >= 4 is 23.7 Å². The van der Waals surface area contributed by atoms with Gasteiger partial charge in [-0.2, -0.15) is 23.4 Å². The normalized spacial score (nSPS) is 13.4. The second-order valence-corrected chi connectivity index (χ2v) is 6.74. The van der Waals surface area contributed by atoms with E-state index < -0.39 is 23.3 Å². The van der Waals surface area contributed by atoms with Crippen LogP contribution in [0.5, 0.6) is 0 Å². The van der Waals surface area contributed by atoms with Crippen molar-refractivity contribution in [3.05, 3.63) is 66.0 Å². The molecule has 0 bridgehead atoms. The van der Waals surface area contributed by atoms with Gasteiger partial charge in [-0.3, -0.25) is 4.98 Å². The van der Waals surface area contributed by atoms with E-state index in [1.165, 1.54) is 30.7 Å². The maximum atomic E-state index is 13.2. The number of hydrogen-bond donors (Lipinski definition) is 2. The smallest absolute Gasteiger partial charge is 0.431 e. The van der Waals surface area contributed by atoms with Gasteiger partial charge in [-0.25, -0.2) is 14.2 Å². The fraction of sp³-hybridized carbons (Fsp3) is 0.211. The Morgan fingerprint density at radius 2 is 1.84 bits per heavy atom. The lowest BCUT2D eigenvalue weighted by molar-refractivity contribution is -0.205. The second kappa shape index (κ2) is 9.25. The van der Waals surface area contributed by atoms with Crippen LogP contribution in [0.15, 0.2) is 48.9 Å². The molecule has 1 aromatic carbocycles. The largest absolute Gasteiger partial charge is 0.438 e. The zero-order chi connectivity index (χ0) is 22.6. The summed E-state index contributed by atoms with van der Waals surface area (Å²) >= 11 is 3.23. The van der Waals surface area contributed by atoms with E-state index in [9.17, 15) is 22.4 Å². The molecule has 12 heteroatoms. The number of carbonyl (C=O) groups excluding carboxylic acids is 1. The van der Waals surface area contributed by atoms with E-state index in [0.29, 0.717) is 5.82 Å². The minimum Gasteiger partial charge on any atom is -0.438 e. The summed E-state index contributed by atoms with van der Waals surface area (Å²) in [6.07, 6.45) is -3.58. The highest BCUT2D eigenvalue weighted by molar-refractivity contribution is 7.96. The molecule has 0 saturated heterocycles. The SMILES string of the molecule is CC(Nc1cnc(-c2cnnc(C(OC(=O)S)C(F)(F)F)c2)cn1)c1ccc(F)cc1. The second-order valence-electron chi connectivity index (χ2n) is 6.38. The van der Waals surface area contributed by atoms with Crippen molar-refractivity contribution < 1.29 is 27.1 Å². The Morgan fingerprint density at radius 3 is 2.42 bits per heavy atom. The molecule has 0 amide bonds. The lowest BCUT2D eigenvalue weighted by Crippen LogP contribution is -2.25. The summed E-state index contributed by atoms with van der Waals surface area (Å²) in [6.45, 7) is 1.85. The van der Waals surface area contributed by atoms with Crippen LogP contribution >= 0.6 is 12.6 Å². The maximum absolute atomic E-state index is 13.2. The quantitative estimate of drug-likeness (QED) is 0.311. The zero-order valence-electron chi connectivity index (χ0n) is 15.8. The van der Waals surface area contributed by atoms with Crippen molar-refractivity contribution in [1.29, 1.82) is 0 Å². The highest BCUT2D eigenvalue weighted by Gasteiger charge is 2.45. The van der Waals surface area contributed by atoms with E-state index in [4.69, 9.17) is 0 Å². The summed E-state index contributed by atoms with van der Waals surface area (Å²) < 4.78 is 56.9. The van der Waals surface area contributed by atoms with Crippen molar-refractivity contribution in [3.63, 3.8) is 0 Å². The third-order valence-electron chi connectivity index (χ3n) is 4.14. The number of rotatable bonds is 6. The van der Waals surface area contributed by atoms with Crippen molar-refractivity contribution in [3.8, 4) is 11.3 Å². The topological polar surface area (TPSA) is 89.9 Å². The Kier molecular flexibility index (Phi) is 6.68. The zero-order valence-corrected chi connectivity index (χ0v) is 16.7. The van der Waals surface area contributed by atoms with Crippen LogP contribution in [-0.4, -0.2) is 31.6 Å². The average molecular weight is 453 g/mol. The number of anilines is 1. The summed E-state index contributed by atoms with van der Waals surface area (Å²) in [5.74, 6) is 0.0577. The first-order chi connectivity index (χ1) is 14.6. The Labute approximate surface area is 179 Å². The number of nitrogens with one attached hydrogen (secondary N) is 1. The van der Waals surface area contributed by atoms with Crippen LogP contribution < -0.4 is 5.32 Å². The summed E-state index contributed by atoms with van der Waals surface area (Å²) in [4.78, 5) is 19.3. The molecule has 0 aliphatic heterocycles. The van der Waals surface area contributed by atoms with Gasteiger partial charge in [-0.15, -0.1) is 0 Å². The van der Waals surface area contributed by atoms with E-state index in [1.807, 2.05) is 6.92 Å². The predicted octanol–water partition coefficient (Wildman–Crippen LogP) is 4.92. The predicted molar refractivity (Wildman–Crippen MR) is 106 cm³/mol. The number of benzene rings is 1. The van der Waals surface area contributed by atoms with E-state index >= 15 is 0 Å². The third-order valence-corrected chi connectivity index (χ3v) is 4.25. The molecule has 0 fully saturated rings. The lowest BCUT2D eigenvalue weighted by Gasteiger charge is -2.19. The number of ether oxygens (including phenoxy) is 1. The molecule has 0 saturated carbocycles. The minimum absolute atomic E-state index is 0.195. The molecule has 2 atom stereocenters. The van der Waals surface area contributed by atoms with Crippen LogP contribution in [0.4, 0.5) is 28.2 Å². The molecule has 2 unspecified atom stereocenters. The van der Waals surface area contributed by atoms with Gasteiger partial charge in [0.2, 0.25) is 6.10 Å². The molecule has 2 aromatic heterocycles. The van der Waals surface area contributed by atoms with Crippen molar-refractivity contribution in [2.75, 3.05) is 5.32 Å². The number of aromatic nitrogens is 4. The monoisotopic (exact) mass is 453 g/mol. The summed E-state index contributed by atoms with van der Waals surface area (Å²) in [5.41, 5.74) is 0.628. The third kappa shape index (κ3) is 5.87. The van der Waals surface area contributed by atoms with Crippen LogP contribution in [0.25, 0.3) is 11.3 Å². The minimum atomic E-state index is -4.90. The number of thiol groups is 1. The standard InChI is InChI=1S/C19H15F4N5O2S/c1-10(11-2-4-13(20)5-3-11)27-16-9-24-15(8-25-16)12-6-14(28-26-7-12)17(19(21,22)23)30-18(29)31/h2-10,17H,1H3,(H,25,27)(H,29,31). The van der Waals surface area contributed by atoms with Crippen molar-refractivity contribution in [2.45, 2.75) is 25.2 Å². The first-order valence-corrected chi connectivity index (χ1v) is 9.21. The van der Waals surface area contributed by atoms with E-state index in [2.05, 4.69) is 42.8 Å². The molecule has 3 aromatic rings. The number of nitrogens with zero attached hydrogens (tertiary/aromatic N) is 4. The van der Waals surface area contributed by atoms with Gasteiger partial charge in [0, 0.05) is 11.6 Å². The van der Waals surface area contributed by atoms with Gasteiger partial charge in [0.15, 0.2) is 0 Å². The van der Waals surface area contributed by atoms with Crippen molar-refractivity contribution in [2.24, 2.45) is 0 Å². The number of carbonyl (C=O) groups is 1. The fourth-order valence-corrected chi connectivity index (χ4v) is 2.76. The van der Waals surface area contributed by atoms with Gasteiger partial charge in [0.1, 0.15) is 17.3 Å². The Bertz CT molecular complexity index is 1050. The first kappa shape index (κ1) is 22.4.